The molecule has 0 spiro atoms. The van der Waals surface area contributed by atoms with Crippen LogP contribution in [0.5, 0.6) is 0 Å². The second kappa shape index (κ2) is 7.97. The van der Waals surface area contributed by atoms with E-state index in [-0.39, 0.29) is 4.90 Å². The fourth-order valence-corrected chi connectivity index (χ4v) is 6.66. The van der Waals surface area contributed by atoms with Gasteiger partial charge in [-0.1, -0.05) is 11.6 Å². The number of hydrogen-bond acceptors (Lipinski definition) is 6. The number of rotatable bonds is 3. The Hall–Kier alpha value is -3.57. The molecule has 1 fully saturated rings. The minimum absolute atomic E-state index is 0.203. The van der Waals surface area contributed by atoms with Gasteiger partial charge in [-0.25, -0.2) is 13.4 Å². The van der Waals surface area contributed by atoms with Crippen molar-refractivity contribution in [2.45, 2.75) is 4.90 Å². The summed E-state index contributed by atoms with van der Waals surface area (Å²) in [5.74, 6) is 0.531. The van der Waals surface area contributed by atoms with E-state index in [4.69, 9.17) is 21.3 Å². The molecule has 1 aliphatic rings. The molecule has 2 aromatic carbocycles. The zero-order valence-corrected chi connectivity index (χ0v) is 20.4. The smallest absolute Gasteiger partial charge is 0.243 e. The number of sulfonamides is 1. The maximum absolute atomic E-state index is 13.3. The van der Waals surface area contributed by atoms with Crippen LogP contribution in [0.25, 0.3) is 55.1 Å². The lowest BCUT2D eigenvalue weighted by Gasteiger charge is -2.26. The van der Waals surface area contributed by atoms with Gasteiger partial charge in [-0.3, -0.25) is 9.97 Å². The number of hydrogen-bond donors (Lipinski definition) is 2. The van der Waals surface area contributed by atoms with E-state index in [1.165, 1.54) is 4.31 Å². The Morgan fingerprint density at radius 2 is 1.61 bits per heavy atom. The van der Waals surface area contributed by atoms with Crippen LogP contribution in [0, 0.1) is 0 Å². The van der Waals surface area contributed by atoms with Gasteiger partial charge < -0.3 is 14.7 Å². The van der Waals surface area contributed by atoms with Gasteiger partial charge in [0.25, 0.3) is 0 Å². The number of aromatic nitrogens is 5. The van der Waals surface area contributed by atoms with Gasteiger partial charge in [-0.15, -0.1) is 0 Å². The van der Waals surface area contributed by atoms with E-state index in [0.29, 0.717) is 48.2 Å². The molecule has 1 aliphatic heterocycles. The second-order valence-electron chi connectivity index (χ2n) is 8.65. The van der Waals surface area contributed by atoms with Crippen LogP contribution in [0.1, 0.15) is 0 Å². The summed E-state index contributed by atoms with van der Waals surface area (Å²) >= 11 is 6.66. The Kier molecular flexibility index (Phi) is 4.80. The molecule has 36 heavy (non-hydrogen) atoms. The lowest BCUT2D eigenvalue weighted by molar-refractivity contribution is 0.0730. The highest BCUT2D eigenvalue weighted by molar-refractivity contribution is 7.89. The quantitative estimate of drug-likeness (QED) is 0.333. The molecule has 0 aliphatic carbocycles. The number of H-pyrrole nitrogens is 2. The minimum Gasteiger partial charge on any atom is -0.379 e. The number of ether oxygens (including phenoxy) is 1. The number of nitrogens with zero attached hydrogens (tertiary/aromatic N) is 4. The second-order valence-corrected chi connectivity index (χ2v) is 11.0. The molecule has 0 saturated carbocycles. The molecule has 9 nitrogen and oxygen atoms in total. The Morgan fingerprint density at radius 3 is 2.39 bits per heavy atom. The molecule has 11 heteroatoms. The molecule has 7 rings (SSSR count). The molecule has 180 valence electrons. The van der Waals surface area contributed by atoms with Crippen LogP contribution in [0.15, 0.2) is 59.8 Å². The van der Waals surface area contributed by atoms with Crippen molar-refractivity contribution in [3.8, 4) is 11.4 Å². The summed E-state index contributed by atoms with van der Waals surface area (Å²) in [6, 6.07) is 12.7. The van der Waals surface area contributed by atoms with Crippen molar-refractivity contribution in [2.75, 3.05) is 26.3 Å². The SMILES string of the molecule is O=S(=O)(c1ccc2[nH]c(Cl)c(-c3nc4c5cccnc5c5ncccc5c4[nH]3)c2c1)N1CCOCC1. The molecule has 0 bridgehead atoms. The van der Waals surface area contributed by atoms with Gasteiger partial charge in [0.15, 0.2) is 0 Å². The maximum Gasteiger partial charge on any atom is 0.243 e. The highest BCUT2D eigenvalue weighted by Gasteiger charge is 2.28. The average molecular weight is 519 g/mol. The fourth-order valence-electron chi connectivity index (χ4n) is 4.93. The molecular weight excluding hydrogens is 500 g/mol. The molecule has 4 aromatic heterocycles. The Bertz CT molecular complexity index is 1850. The maximum atomic E-state index is 13.3. The van der Waals surface area contributed by atoms with Gasteiger partial charge in [0.2, 0.25) is 10.0 Å². The summed E-state index contributed by atoms with van der Waals surface area (Å²) in [5, 5.41) is 2.80. The lowest BCUT2D eigenvalue weighted by Crippen LogP contribution is -2.40. The third-order valence-corrected chi connectivity index (χ3v) is 8.82. The summed E-state index contributed by atoms with van der Waals surface area (Å²) in [5.41, 5.74) is 4.43. The Labute approximate surface area is 210 Å². The summed E-state index contributed by atoms with van der Waals surface area (Å²) < 4.78 is 33.4. The number of fused-ring (bicyclic) bond motifs is 7. The number of benzene rings is 2. The number of nitrogens with one attached hydrogen (secondary N) is 2. The fraction of sp³-hybridized carbons (Fsp3) is 0.160. The van der Waals surface area contributed by atoms with Gasteiger partial charge in [0.05, 0.1) is 45.7 Å². The third-order valence-electron chi connectivity index (χ3n) is 6.64. The van der Waals surface area contributed by atoms with Crippen molar-refractivity contribution >= 4 is 65.4 Å². The van der Waals surface area contributed by atoms with Crippen molar-refractivity contribution < 1.29 is 13.2 Å². The van der Waals surface area contributed by atoms with E-state index in [1.54, 1.807) is 30.6 Å². The van der Waals surface area contributed by atoms with Gasteiger partial charge in [-0.05, 0) is 42.5 Å². The first kappa shape index (κ1) is 21.7. The third kappa shape index (κ3) is 3.15. The van der Waals surface area contributed by atoms with E-state index in [1.807, 2.05) is 24.3 Å². The van der Waals surface area contributed by atoms with Crippen LogP contribution in [0.2, 0.25) is 5.15 Å². The van der Waals surface area contributed by atoms with Crippen LogP contribution in [-0.4, -0.2) is 63.9 Å². The van der Waals surface area contributed by atoms with Gasteiger partial charge in [0.1, 0.15) is 11.0 Å². The van der Waals surface area contributed by atoms with Crippen molar-refractivity contribution in [1.82, 2.24) is 29.2 Å². The zero-order valence-electron chi connectivity index (χ0n) is 18.8. The Balaban J connectivity index is 1.47. The largest absolute Gasteiger partial charge is 0.379 e. The van der Waals surface area contributed by atoms with Crippen molar-refractivity contribution in [2.24, 2.45) is 0 Å². The first-order chi connectivity index (χ1) is 17.5. The lowest BCUT2D eigenvalue weighted by atomic mass is 10.1. The molecule has 0 amide bonds. The average Bonchev–Trinajstić information content (AvgIpc) is 3.49. The monoisotopic (exact) mass is 518 g/mol. The predicted molar refractivity (Wildman–Crippen MR) is 139 cm³/mol. The van der Waals surface area contributed by atoms with Crippen molar-refractivity contribution in [1.29, 1.82) is 0 Å². The van der Waals surface area contributed by atoms with E-state index < -0.39 is 10.0 Å². The molecular formula is C25H19ClN6O3S. The zero-order chi connectivity index (χ0) is 24.4. The molecule has 5 heterocycles. The minimum atomic E-state index is -3.68. The number of aromatic amines is 2. The van der Waals surface area contributed by atoms with E-state index in [9.17, 15) is 8.42 Å². The summed E-state index contributed by atoms with van der Waals surface area (Å²) in [7, 11) is -3.68. The van der Waals surface area contributed by atoms with Gasteiger partial charge in [-0.2, -0.15) is 4.31 Å². The first-order valence-electron chi connectivity index (χ1n) is 11.4. The van der Waals surface area contributed by atoms with Gasteiger partial charge >= 0.3 is 0 Å². The van der Waals surface area contributed by atoms with Crippen LogP contribution < -0.4 is 0 Å². The summed E-state index contributed by atoms with van der Waals surface area (Å²) in [6.45, 7) is 1.42. The molecule has 2 N–H and O–H groups in total. The normalized spacial score (nSPS) is 15.5. The van der Waals surface area contributed by atoms with E-state index in [2.05, 4.69) is 19.9 Å². The number of halogens is 1. The first-order valence-corrected chi connectivity index (χ1v) is 13.2. The standard InChI is InChI=1S/C25H19ClN6O3S/c26-24-19(17-13-14(5-6-18(17)29-24)36(33,34)32-9-11-35-12-10-32)25-30-22-15-3-1-7-27-20(15)21-16(23(22)31-25)4-2-8-28-21/h1-8,13,29H,9-12H2,(H,30,31). The van der Waals surface area contributed by atoms with Crippen LogP contribution in [0.4, 0.5) is 0 Å². The van der Waals surface area contributed by atoms with Crippen LogP contribution >= 0.6 is 11.6 Å². The van der Waals surface area contributed by atoms with Crippen molar-refractivity contribution in [3.05, 3.63) is 60.0 Å². The highest BCUT2D eigenvalue weighted by Crippen LogP contribution is 2.39. The number of pyridine rings is 2. The molecule has 0 radical (unpaired) electrons. The number of morpholine rings is 1. The van der Waals surface area contributed by atoms with Crippen LogP contribution in [-0.2, 0) is 14.8 Å². The number of imidazole rings is 1. The molecule has 6 aromatic rings. The van der Waals surface area contributed by atoms with E-state index >= 15 is 0 Å². The van der Waals surface area contributed by atoms with E-state index in [0.717, 1.165) is 38.4 Å². The predicted octanol–water partition coefficient (Wildman–Crippen LogP) is 4.48. The van der Waals surface area contributed by atoms with Crippen LogP contribution in [0.3, 0.4) is 0 Å². The molecule has 1 saturated heterocycles. The molecule has 0 atom stereocenters. The van der Waals surface area contributed by atoms with Crippen molar-refractivity contribution in [3.63, 3.8) is 0 Å². The van der Waals surface area contributed by atoms with Gasteiger partial charge in [0, 0.05) is 47.2 Å². The molecule has 0 unspecified atom stereocenters. The summed E-state index contributed by atoms with van der Waals surface area (Å²) in [6.07, 6.45) is 3.48. The Morgan fingerprint density at radius 1 is 0.889 bits per heavy atom. The summed E-state index contributed by atoms with van der Waals surface area (Å²) in [4.78, 5) is 20.8. The topological polar surface area (TPSA) is 117 Å². The highest BCUT2D eigenvalue weighted by atomic mass is 35.5.